The summed E-state index contributed by atoms with van der Waals surface area (Å²) in [6, 6.07) is 0. The molecule has 0 aromatic heterocycles. The molecule has 0 aromatic carbocycles. The normalized spacial score (nSPS) is 28.6. The molecule has 1 aliphatic rings. The van der Waals surface area contributed by atoms with Gasteiger partial charge in [-0.05, 0) is 24.3 Å². The summed E-state index contributed by atoms with van der Waals surface area (Å²) in [7, 11) is 1.46. The Morgan fingerprint density at radius 1 is 1.36 bits per heavy atom. The van der Waals surface area contributed by atoms with E-state index in [0.717, 1.165) is 19.5 Å². The fourth-order valence-electron chi connectivity index (χ4n) is 1.95. The summed E-state index contributed by atoms with van der Waals surface area (Å²) in [5.74, 6) is 0.518. The Hall–Kier alpha value is -0.570. The van der Waals surface area contributed by atoms with Crippen LogP contribution in [0.5, 0.6) is 0 Å². The van der Waals surface area contributed by atoms with Gasteiger partial charge in [0.15, 0.2) is 0 Å². The van der Waals surface area contributed by atoms with Crippen molar-refractivity contribution in [1.29, 1.82) is 0 Å². The number of ether oxygens (including phenoxy) is 1. The van der Waals surface area contributed by atoms with Crippen molar-refractivity contribution in [2.24, 2.45) is 17.3 Å². The monoisotopic (exact) mass is 199 g/mol. The number of rotatable bonds is 1. The van der Waals surface area contributed by atoms with E-state index in [2.05, 4.69) is 26.1 Å². The van der Waals surface area contributed by atoms with Crippen LogP contribution in [0.15, 0.2) is 0 Å². The number of methoxy groups -OCH3 is 1. The summed E-state index contributed by atoms with van der Waals surface area (Å²) >= 11 is 0. The van der Waals surface area contributed by atoms with Gasteiger partial charge < -0.3 is 10.1 Å². The van der Waals surface area contributed by atoms with Crippen molar-refractivity contribution in [2.45, 2.75) is 27.2 Å². The van der Waals surface area contributed by atoms with Crippen molar-refractivity contribution in [3.05, 3.63) is 0 Å². The van der Waals surface area contributed by atoms with Gasteiger partial charge in [-0.1, -0.05) is 20.8 Å². The molecule has 82 valence electrons. The van der Waals surface area contributed by atoms with E-state index in [9.17, 15) is 4.79 Å². The van der Waals surface area contributed by atoms with Crippen LogP contribution in [0.1, 0.15) is 27.2 Å². The zero-order valence-electron chi connectivity index (χ0n) is 9.59. The molecule has 0 radical (unpaired) electrons. The third-order valence-corrected chi connectivity index (χ3v) is 3.11. The van der Waals surface area contributed by atoms with E-state index in [4.69, 9.17) is 4.74 Å². The van der Waals surface area contributed by atoms with Crippen LogP contribution in [-0.2, 0) is 9.53 Å². The Bertz CT molecular complexity index is 208. The third-order valence-electron chi connectivity index (χ3n) is 3.11. The number of carbonyl (C=O) groups excluding carboxylic acids is 1. The van der Waals surface area contributed by atoms with Crippen LogP contribution < -0.4 is 5.32 Å². The average Bonchev–Trinajstić information content (AvgIpc) is 2.15. The second kappa shape index (κ2) is 4.30. The van der Waals surface area contributed by atoms with Crippen molar-refractivity contribution in [3.8, 4) is 0 Å². The van der Waals surface area contributed by atoms with Gasteiger partial charge in [-0.25, -0.2) is 0 Å². The van der Waals surface area contributed by atoms with Gasteiger partial charge in [0.1, 0.15) is 0 Å². The lowest BCUT2D eigenvalue weighted by molar-refractivity contribution is -0.147. The Kier molecular flexibility index (Phi) is 3.53. The molecule has 0 amide bonds. The van der Waals surface area contributed by atoms with E-state index < -0.39 is 0 Å². The third kappa shape index (κ3) is 2.71. The van der Waals surface area contributed by atoms with Crippen LogP contribution in [0, 0.1) is 17.3 Å². The first kappa shape index (κ1) is 11.5. The summed E-state index contributed by atoms with van der Waals surface area (Å²) < 4.78 is 4.77. The molecule has 3 nitrogen and oxygen atoms in total. The summed E-state index contributed by atoms with van der Waals surface area (Å²) in [5, 5.41) is 3.31. The van der Waals surface area contributed by atoms with Crippen LogP contribution in [-0.4, -0.2) is 26.2 Å². The Morgan fingerprint density at radius 2 is 2.00 bits per heavy atom. The standard InChI is InChI=1S/C11H21NO2/c1-11(2,3)9-5-8(6-12-7-9)10(13)14-4/h8-9,12H,5-7H2,1-4H3/t8-,9+/m1/s1. The molecule has 1 aliphatic heterocycles. The lowest BCUT2D eigenvalue weighted by atomic mass is 9.74. The second-order valence-corrected chi connectivity index (χ2v) is 5.18. The summed E-state index contributed by atoms with van der Waals surface area (Å²) in [5.41, 5.74) is 0.264. The van der Waals surface area contributed by atoms with Crippen molar-refractivity contribution < 1.29 is 9.53 Å². The van der Waals surface area contributed by atoms with Crippen molar-refractivity contribution in [1.82, 2.24) is 5.32 Å². The van der Waals surface area contributed by atoms with E-state index in [-0.39, 0.29) is 17.3 Å². The lowest BCUT2D eigenvalue weighted by Gasteiger charge is -2.37. The summed E-state index contributed by atoms with van der Waals surface area (Å²) in [6.45, 7) is 8.44. The highest BCUT2D eigenvalue weighted by Gasteiger charge is 2.33. The fourth-order valence-corrected chi connectivity index (χ4v) is 1.95. The predicted molar refractivity (Wildman–Crippen MR) is 55.9 cm³/mol. The Labute approximate surface area is 86.2 Å². The maximum Gasteiger partial charge on any atom is 0.309 e. The molecule has 0 bridgehead atoms. The minimum atomic E-state index is -0.0774. The smallest absolute Gasteiger partial charge is 0.309 e. The van der Waals surface area contributed by atoms with Crippen molar-refractivity contribution in [3.63, 3.8) is 0 Å². The highest BCUT2D eigenvalue weighted by atomic mass is 16.5. The zero-order valence-corrected chi connectivity index (χ0v) is 9.59. The van der Waals surface area contributed by atoms with Gasteiger partial charge in [-0.2, -0.15) is 0 Å². The van der Waals surface area contributed by atoms with Gasteiger partial charge in [0, 0.05) is 6.54 Å². The maximum atomic E-state index is 11.4. The molecule has 1 saturated heterocycles. The molecule has 14 heavy (non-hydrogen) atoms. The maximum absolute atomic E-state index is 11.4. The lowest BCUT2D eigenvalue weighted by Crippen LogP contribution is -2.44. The number of hydrogen-bond acceptors (Lipinski definition) is 3. The molecule has 0 spiro atoms. The number of piperidine rings is 1. The molecule has 0 aromatic rings. The molecular formula is C11H21NO2. The van der Waals surface area contributed by atoms with Gasteiger partial charge in [0.05, 0.1) is 13.0 Å². The highest BCUT2D eigenvalue weighted by Crippen LogP contribution is 2.33. The van der Waals surface area contributed by atoms with E-state index in [1.165, 1.54) is 7.11 Å². The molecule has 1 N–H and O–H groups in total. The average molecular weight is 199 g/mol. The predicted octanol–water partition coefficient (Wildman–Crippen LogP) is 1.43. The molecule has 0 unspecified atom stereocenters. The molecule has 1 heterocycles. The van der Waals surface area contributed by atoms with E-state index in [1.54, 1.807) is 0 Å². The first-order chi connectivity index (χ1) is 6.45. The fraction of sp³-hybridized carbons (Fsp3) is 0.909. The molecule has 0 saturated carbocycles. The van der Waals surface area contributed by atoms with Gasteiger partial charge in [0.25, 0.3) is 0 Å². The van der Waals surface area contributed by atoms with Crippen LogP contribution in [0.3, 0.4) is 0 Å². The summed E-state index contributed by atoms with van der Waals surface area (Å²) in [4.78, 5) is 11.4. The molecule has 0 aliphatic carbocycles. The van der Waals surface area contributed by atoms with Gasteiger partial charge in [-0.15, -0.1) is 0 Å². The van der Waals surface area contributed by atoms with E-state index in [0.29, 0.717) is 5.92 Å². The van der Waals surface area contributed by atoms with E-state index in [1.807, 2.05) is 0 Å². The van der Waals surface area contributed by atoms with Crippen molar-refractivity contribution >= 4 is 5.97 Å². The van der Waals surface area contributed by atoms with Crippen LogP contribution in [0.4, 0.5) is 0 Å². The molecule has 1 fully saturated rings. The topological polar surface area (TPSA) is 38.3 Å². The first-order valence-electron chi connectivity index (χ1n) is 5.23. The largest absolute Gasteiger partial charge is 0.469 e. The Morgan fingerprint density at radius 3 is 2.50 bits per heavy atom. The van der Waals surface area contributed by atoms with Crippen LogP contribution in [0.2, 0.25) is 0 Å². The minimum absolute atomic E-state index is 0.0398. The summed E-state index contributed by atoms with van der Waals surface area (Å²) in [6.07, 6.45) is 0.948. The first-order valence-corrected chi connectivity index (χ1v) is 5.23. The molecule has 2 atom stereocenters. The van der Waals surface area contributed by atoms with Crippen LogP contribution in [0.25, 0.3) is 0 Å². The van der Waals surface area contributed by atoms with Crippen molar-refractivity contribution in [2.75, 3.05) is 20.2 Å². The Balaban J connectivity index is 2.56. The van der Waals surface area contributed by atoms with E-state index >= 15 is 0 Å². The van der Waals surface area contributed by atoms with Gasteiger partial charge in [0.2, 0.25) is 0 Å². The molecule has 1 rings (SSSR count). The molecule has 3 heteroatoms. The van der Waals surface area contributed by atoms with Gasteiger partial charge >= 0.3 is 5.97 Å². The quantitative estimate of drug-likeness (QED) is 0.649. The second-order valence-electron chi connectivity index (χ2n) is 5.18. The number of nitrogens with one attached hydrogen (secondary N) is 1. The highest BCUT2D eigenvalue weighted by molar-refractivity contribution is 5.72. The number of esters is 1. The minimum Gasteiger partial charge on any atom is -0.469 e. The van der Waals surface area contributed by atoms with Gasteiger partial charge in [-0.3, -0.25) is 4.79 Å². The van der Waals surface area contributed by atoms with Crippen LogP contribution >= 0.6 is 0 Å². The SMILES string of the molecule is COC(=O)[C@H]1CNC[C@@H](C(C)(C)C)C1. The zero-order chi connectivity index (χ0) is 10.8. The number of hydrogen-bond donors (Lipinski definition) is 1. The molecular weight excluding hydrogens is 178 g/mol. The number of carbonyl (C=O) groups is 1.